The van der Waals surface area contributed by atoms with Gasteiger partial charge in [0, 0.05) is 38.3 Å². The molecule has 70 valence electrons. The second kappa shape index (κ2) is 4.63. The van der Waals surface area contributed by atoms with Gasteiger partial charge in [-0.05, 0) is 7.05 Å². The summed E-state index contributed by atoms with van der Waals surface area (Å²) in [5, 5.41) is 12.5. The highest BCUT2D eigenvalue weighted by Gasteiger charge is 2.00. The molecular formula is C9H14N4. The first kappa shape index (κ1) is 9.75. The van der Waals surface area contributed by atoms with Crippen LogP contribution in [-0.4, -0.2) is 28.3 Å². The first-order valence-electron chi connectivity index (χ1n) is 4.25. The molecule has 0 aromatic carbocycles. The maximum atomic E-state index is 8.39. The molecule has 0 radical (unpaired) electrons. The fraction of sp³-hybridized carbons (Fsp3) is 0.556. The maximum absolute atomic E-state index is 8.39. The van der Waals surface area contributed by atoms with E-state index in [-0.39, 0.29) is 0 Å². The zero-order valence-electron chi connectivity index (χ0n) is 8.06. The van der Waals surface area contributed by atoms with Crippen LogP contribution in [-0.2, 0) is 13.6 Å². The summed E-state index contributed by atoms with van der Waals surface area (Å²) in [6.45, 7) is 1.67. The van der Waals surface area contributed by atoms with Crippen LogP contribution < -0.4 is 0 Å². The lowest BCUT2D eigenvalue weighted by atomic mass is 10.3. The number of hydrogen-bond donors (Lipinski definition) is 0. The monoisotopic (exact) mass is 178 g/mol. The summed E-state index contributed by atoms with van der Waals surface area (Å²) in [4.78, 5) is 2.11. The van der Waals surface area contributed by atoms with Crippen molar-refractivity contribution in [3.63, 3.8) is 0 Å². The Morgan fingerprint density at radius 2 is 2.46 bits per heavy atom. The fourth-order valence-corrected chi connectivity index (χ4v) is 1.19. The van der Waals surface area contributed by atoms with Gasteiger partial charge >= 0.3 is 0 Å². The van der Waals surface area contributed by atoms with E-state index in [0.29, 0.717) is 6.42 Å². The van der Waals surface area contributed by atoms with Crippen molar-refractivity contribution in [3.8, 4) is 6.07 Å². The first-order valence-corrected chi connectivity index (χ1v) is 4.25. The number of hydrogen-bond acceptors (Lipinski definition) is 3. The lowest BCUT2D eigenvalue weighted by molar-refractivity contribution is 0.335. The summed E-state index contributed by atoms with van der Waals surface area (Å²) >= 11 is 0. The van der Waals surface area contributed by atoms with Crippen LogP contribution in [0.2, 0.25) is 0 Å². The summed E-state index contributed by atoms with van der Waals surface area (Å²) in [5.74, 6) is 0. The quantitative estimate of drug-likeness (QED) is 0.684. The zero-order valence-corrected chi connectivity index (χ0v) is 8.06. The molecule has 0 amide bonds. The standard InChI is InChI=1S/C9H14N4/c1-12(5-3-4-10)7-9-6-11-13(2)8-9/h6,8H,3,5,7H2,1-2H3. The lowest BCUT2D eigenvalue weighted by Crippen LogP contribution is -2.18. The molecule has 0 aliphatic heterocycles. The van der Waals surface area contributed by atoms with E-state index in [9.17, 15) is 0 Å². The van der Waals surface area contributed by atoms with E-state index in [1.54, 1.807) is 4.68 Å². The summed E-state index contributed by atoms with van der Waals surface area (Å²) < 4.78 is 1.79. The number of aromatic nitrogens is 2. The Hall–Kier alpha value is -1.34. The minimum Gasteiger partial charge on any atom is -0.301 e. The highest BCUT2D eigenvalue weighted by molar-refractivity contribution is 5.02. The molecule has 0 bridgehead atoms. The highest BCUT2D eigenvalue weighted by Crippen LogP contribution is 2.00. The van der Waals surface area contributed by atoms with Crippen molar-refractivity contribution in [1.29, 1.82) is 5.26 Å². The van der Waals surface area contributed by atoms with Crippen molar-refractivity contribution >= 4 is 0 Å². The highest BCUT2D eigenvalue weighted by atomic mass is 15.2. The smallest absolute Gasteiger partial charge is 0.0635 e. The van der Waals surface area contributed by atoms with Crippen molar-refractivity contribution in [2.45, 2.75) is 13.0 Å². The topological polar surface area (TPSA) is 44.9 Å². The molecule has 0 unspecified atom stereocenters. The van der Waals surface area contributed by atoms with Crippen LogP contribution in [0.3, 0.4) is 0 Å². The predicted octanol–water partition coefficient (Wildman–Crippen LogP) is 0.766. The first-order chi connectivity index (χ1) is 6.22. The van der Waals surface area contributed by atoms with Gasteiger partial charge in [-0.1, -0.05) is 0 Å². The normalized spacial score (nSPS) is 10.3. The van der Waals surface area contributed by atoms with E-state index in [0.717, 1.165) is 13.1 Å². The molecular weight excluding hydrogens is 164 g/mol. The molecule has 0 saturated heterocycles. The Morgan fingerprint density at radius 1 is 1.69 bits per heavy atom. The van der Waals surface area contributed by atoms with Gasteiger partial charge in [0.2, 0.25) is 0 Å². The van der Waals surface area contributed by atoms with Gasteiger partial charge < -0.3 is 4.90 Å². The Balaban J connectivity index is 2.37. The predicted molar refractivity (Wildman–Crippen MR) is 49.8 cm³/mol. The summed E-state index contributed by atoms with van der Waals surface area (Å²) in [6, 6.07) is 2.13. The minimum atomic E-state index is 0.580. The molecule has 0 fully saturated rings. The van der Waals surface area contributed by atoms with Crippen molar-refractivity contribution in [2.24, 2.45) is 7.05 Å². The van der Waals surface area contributed by atoms with Crippen LogP contribution in [0, 0.1) is 11.3 Å². The van der Waals surface area contributed by atoms with Gasteiger partial charge in [-0.25, -0.2) is 0 Å². The number of nitrogens with zero attached hydrogens (tertiary/aromatic N) is 4. The van der Waals surface area contributed by atoms with E-state index in [1.807, 2.05) is 26.5 Å². The molecule has 1 heterocycles. The average Bonchev–Trinajstić information content (AvgIpc) is 2.48. The molecule has 0 aliphatic rings. The average molecular weight is 178 g/mol. The van der Waals surface area contributed by atoms with Crippen molar-refractivity contribution < 1.29 is 0 Å². The molecule has 0 spiro atoms. The van der Waals surface area contributed by atoms with Crippen molar-refractivity contribution in [3.05, 3.63) is 18.0 Å². The van der Waals surface area contributed by atoms with Crippen LogP contribution in [0.5, 0.6) is 0 Å². The van der Waals surface area contributed by atoms with Crippen LogP contribution in [0.4, 0.5) is 0 Å². The Bertz CT molecular complexity index is 297. The van der Waals surface area contributed by atoms with E-state index in [4.69, 9.17) is 5.26 Å². The van der Waals surface area contributed by atoms with Gasteiger partial charge in [0.1, 0.15) is 0 Å². The van der Waals surface area contributed by atoms with Crippen LogP contribution in [0.25, 0.3) is 0 Å². The van der Waals surface area contributed by atoms with E-state index in [1.165, 1.54) is 5.56 Å². The second-order valence-electron chi connectivity index (χ2n) is 3.17. The van der Waals surface area contributed by atoms with Gasteiger partial charge in [0.15, 0.2) is 0 Å². The van der Waals surface area contributed by atoms with Crippen LogP contribution in [0.15, 0.2) is 12.4 Å². The largest absolute Gasteiger partial charge is 0.301 e. The Morgan fingerprint density at radius 3 is 3.00 bits per heavy atom. The molecule has 1 rings (SSSR count). The van der Waals surface area contributed by atoms with Gasteiger partial charge in [0.25, 0.3) is 0 Å². The summed E-state index contributed by atoms with van der Waals surface area (Å²) in [6.07, 6.45) is 4.42. The molecule has 1 aromatic rings. The van der Waals surface area contributed by atoms with E-state index < -0.39 is 0 Å². The lowest BCUT2D eigenvalue weighted by Gasteiger charge is -2.12. The molecule has 4 heteroatoms. The van der Waals surface area contributed by atoms with Crippen molar-refractivity contribution in [1.82, 2.24) is 14.7 Å². The third kappa shape index (κ3) is 3.26. The van der Waals surface area contributed by atoms with Crippen LogP contribution in [0.1, 0.15) is 12.0 Å². The number of nitriles is 1. The third-order valence-electron chi connectivity index (χ3n) is 1.82. The molecule has 0 aliphatic carbocycles. The molecule has 0 N–H and O–H groups in total. The van der Waals surface area contributed by atoms with Crippen LogP contribution >= 0.6 is 0 Å². The van der Waals surface area contributed by atoms with Gasteiger partial charge in [-0.3, -0.25) is 4.68 Å². The maximum Gasteiger partial charge on any atom is 0.0635 e. The summed E-state index contributed by atoms with van der Waals surface area (Å²) in [5.41, 5.74) is 1.18. The minimum absolute atomic E-state index is 0.580. The molecule has 0 saturated carbocycles. The second-order valence-corrected chi connectivity index (χ2v) is 3.17. The SMILES string of the molecule is CN(CCC#N)Cc1cnn(C)c1. The van der Waals surface area contributed by atoms with Gasteiger partial charge in [-0.15, -0.1) is 0 Å². The third-order valence-corrected chi connectivity index (χ3v) is 1.82. The van der Waals surface area contributed by atoms with E-state index in [2.05, 4.69) is 16.1 Å². The summed E-state index contributed by atoms with van der Waals surface area (Å²) in [7, 11) is 3.91. The number of aryl methyl sites for hydroxylation is 1. The molecule has 0 atom stereocenters. The Kier molecular flexibility index (Phi) is 3.47. The zero-order chi connectivity index (χ0) is 9.68. The number of rotatable bonds is 4. The van der Waals surface area contributed by atoms with Gasteiger partial charge in [0.05, 0.1) is 12.3 Å². The molecule has 4 nitrogen and oxygen atoms in total. The molecule has 1 aromatic heterocycles. The Labute approximate surface area is 78.4 Å². The molecule has 13 heavy (non-hydrogen) atoms. The fourth-order valence-electron chi connectivity index (χ4n) is 1.19. The van der Waals surface area contributed by atoms with Crippen molar-refractivity contribution in [2.75, 3.05) is 13.6 Å². The van der Waals surface area contributed by atoms with Gasteiger partial charge in [-0.2, -0.15) is 10.4 Å². The van der Waals surface area contributed by atoms with E-state index >= 15 is 0 Å².